The van der Waals surface area contributed by atoms with Crippen LogP contribution in [0.15, 0.2) is 0 Å². The van der Waals surface area contributed by atoms with Crippen LogP contribution in [-0.2, 0) is 4.79 Å². The van der Waals surface area contributed by atoms with Crippen LogP contribution in [0.3, 0.4) is 0 Å². The number of amides is 1. The summed E-state index contributed by atoms with van der Waals surface area (Å²) in [5.41, 5.74) is -0.661. The third-order valence-electron chi connectivity index (χ3n) is 4.98. The number of carbonyl (C=O) groups excluding carboxylic acids is 1. The molecular formula is C18H29N3O4S. The van der Waals surface area contributed by atoms with Gasteiger partial charge in [-0.1, -0.05) is 25.2 Å². The molecule has 1 fully saturated rings. The molecule has 1 aromatic heterocycles. The van der Waals surface area contributed by atoms with Crippen molar-refractivity contribution in [2.24, 2.45) is 11.3 Å². The number of aliphatic hydroxyl groups excluding tert-OH is 1. The first-order valence-corrected chi connectivity index (χ1v) is 9.95. The number of carboxylic acids is 1. The molecule has 2 rings (SSSR count). The van der Waals surface area contributed by atoms with Gasteiger partial charge in [-0.3, -0.25) is 9.59 Å². The molecule has 1 saturated heterocycles. The highest BCUT2D eigenvalue weighted by Gasteiger charge is 2.50. The van der Waals surface area contributed by atoms with Gasteiger partial charge in [0.15, 0.2) is 5.13 Å². The predicted octanol–water partition coefficient (Wildman–Crippen LogP) is 2.60. The number of carbonyl (C=O) groups is 2. The number of piperidine rings is 1. The van der Waals surface area contributed by atoms with Gasteiger partial charge in [-0.15, -0.1) is 0 Å². The molecule has 0 aromatic carbocycles. The van der Waals surface area contributed by atoms with Gasteiger partial charge >= 0.3 is 5.97 Å². The largest absolute Gasteiger partial charge is 0.481 e. The number of anilines is 1. The minimum absolute atomic E-state index is 0.0307. The summed E-state index contributed by atoms with van der Waals surface area (Å²) in [5, 5.41) is 24.1. The van der Waals surface area contributed by atoms with Crippen molar-refractivity contribution in [3.8, 4) is 0 Å². The highest BCUT2D eigenvalue weighted by atomic mass is 32.1. The molecule has 0 aliphatic carbocycles. The number of likely N-dealkylation sites (tertiary alicyclic amines) is 1. The second-order valence-electron chi connectivity index (χ2n) is 7.39. The van der Waals surface area contributed by atoms with Crippen molar-refractivity contribution >= 4 is 28.3 Å². The lowest BCUT2D eigenvalue weighted by atomic mass is 9.72. The Morgan fingerprint density at radius 2 is 2.15 bits per heavy atom. The molecule has 0 saturated carbocycles. The van der Waals surface area contributed by atoms with Crippen LogP contribution in [0.5, 0.6) is 0 Å². The van der Waals surface area contributed by atoms with Crippen molar-refractivity contribution in [1.29, 1.82) is 0 Å². The van der Waals surface area contributed by atoms with E-state index in [4.69, 9.17) is 0 Å². The number of rotatable bonds is 7. The Hall–Kier alpha value is -1.67. The average Bonchev–Trinajstić information content (AvgIpc) is 2.94. The monoisotopic (exact) mass is 383 g/mol. The first-order valence-electron chi connectivity index (χ1n) is 9.13. The number of hydrogen-bond donors (Lipinski definition) is 3. The van der Waals surface area contributed by atoms with E-state index in [1.165, 1.54) is 11.3 Å². The Balaban J connectivity index is 2.24. The van der Waals surface area contributed by atoms with Crippen molar-refractivity contribution in [2.45, 2.75) is 53.1 Å². The number of aryl methyl sites for hydroxylation is 1. The van der Waals surface area contributed by atoms with Gasteiger partial charge in [-0.2, -0.15) is 0 Å². The molecular weight excluding hydrogens is 354 g/mol. The molecule has 1 aromatic rings. The summed E-state index contributed by atoms with van der Waals surface area (Å²) in [6.45, 7) is 8.89. The fourth-order valence-corrected chi connectivity index (χ4v) is 4.33. The van der Waals surface area contributed by atoms with Crippen molar-refractivity contribution in [3.05, 3.63) is 10.6 Å². The van der Waals surface area contributed by atoms with Crippen LogP contribution in [0.4, 0.5) is 5.13 Å². The first-order chi connectivity index (χ1) is 12.2. The number of nitrogens with zero attached hydrogens (tertiary/aromatic N) is 2. The number of thiazole rings is 1. The summed E-state index contributed by atoms with van der Waals surface area (Å²) in [6, 6.07) is 0. The zero-order valence-electron chi connectivity index (χ0n) is 15.9. The molecule has 26 heavy (non-hydrogen) atoms. The Morgan fingerprint density at radius 1 is 1.46 bits per heavy atom. The number of hydrogen-bond acceptors (Lipinski definition) is 6. The zero-order chi connectivity index (χ0) is 19.5. The number of aromatic nitrogens is 1. The standard InChI is InChI=1S/C18H29N3O4S/c1-5-19-17-20-12(4)14(26-17)15(23)21-9-7-13(22)18(10-21,16(24)25)8-6-11(2)3/h11,13,22H,5-10H2,1-4H3,(H,19,20)(H,24,25)/t13-,18-/m1/s1. The summed E-state index contributed by atoms with van der Waals surface area (Å²) in [5.74, 6) is -0.903. The molecule has 1 amide bonds. The molecule has 3 N–H and O–H groups in total. The Morgan fingerprint density at radius 3 is 2.73 bits per heavy atom. The summed E-state index contributed by atoms with van der Waals surface area (Å²) in [6.07, 6.45) is 0.376. The van der Waals surface area contributed by atoms with E-state index in [0.29, 0.717) is 47.6 Å². The third-order valence-corrected chi connectivity index (χ3v) is 6.09. The summed E-state index contributed by atoms with van der Waals surface area (Å²) in [7, 11) is 0. The maximum absolute atomic E-state index is 13.0. The van der Waals surface area contributed by atoms with Crippen molar-refractivity contribution in [2.75, 3.05) is 25.0 Å². The van der Waals surface area contributed by atoms with E-state index in [9.17, 15) is 19.8 Å². The molecule has 0 spiro atoms. The number of aliphatic hydroxyl groups is 1. The van der Waals surface area contributed by atoms with E-state index in [0.717, 1.165) is 0 Å². The fraction of sp³-hybridized carbons (Fsp3) is 0.722. The Labute approximate surface area is 158 Å². The van der Waals surface area contributed by atoms with Gasteiger partial charge in [-0.05, 0) is 39.0 Å². The van der Waals surface area contributed by atoms with Crippen molar-refractivity contribution < 1.29 is 19.8 Å². The number of carboxylic acid groups (broad SMARTS) is 1. The number of nitrogens with one attached hydrogen (secondary N) is 1. The minimum atomic E-state index is -1.30. The van der Waals surface area contributed by atoms with Gasteiger partial charge in [0, 0.05) is 19.6 Å². The molecule has 2 heterocycles. The molecule has 0 radical (unpaired) electrons. The highest BCUT2D eigenvalue weighted by molar-refractivity contribution is 7.17. The average molecular weight is 384 g/mol. The fourth-order valence-electron chi connectivity index (χ4n) is 3.33. The van der Waals surface area contributed by atoms with E-state index in [1.807, 2.05) is 20.8 Å². The second kappa shape index (κ2) is 8.35. The van der Waals surface area contributed by atoms with Crippen LogP contribution < -0.4 is 5.32 Å². The van der Waals surface area contributed by atoms with E-state index in [-0.39, 0.29) is 18.9 Å². The molecule has 0 bridgehead atoms. The van der Waals surface area contributed by atoms with Crippen LogP contribution in [0, 0.1) is 18.3 Å². The second-order valence-corrected chi connectivity index (χ2v) is 8.39. The maximum atomic E-state index is 13.0. The normalized spacial score (nSPS) is 23.3. The Kier molecular flexibility index (Phi) is 6.63. The summed E-state index contributed by atoms with van der Waals surface area (Å²) < 4.78 is 0. The van der Waals surface area contributed by atoms with Crippen LogP contribution in [0.25, 0.3) is 0 Å². The quantitative estimate of drug-likeness (QED) is 0.669. The van der Waals surface area contributed by atoms with Crippen LogP contribution in [0.1, 0.15) is 55.4 Å². The van der Waals surface area contributed by atoms with Crippen LogP contribution in [-0.4, -0.2) is 57.7 Å². The highest BCUT2D eigenvalue weighted by Crippen LogP contribution is 2.38. The SMILES string of the molecule is CCNc1nc(C)c(C(=O)N2CC[C@@H](O)[C@](CCC(C)C)(C(=O)O)C2)s1. The van der Waals surface area contributed by atoms with Gasteiger partial charge in [0.05, 0.1) is 11.8 Å². The lowest BCUT2D eigenvalue weighted by Gasteiger charge is -2.43. The molecule has 8 heteroatoms. The Bertz CT molecular complexity index is 661. The molecule has 7 nitrogen and oxygen atoms in total. The summed E-state index contributed by atoms with van der Waals surface area (Å²) in [4.78, 5) is 31.5. The van der Waals surface area contributed by atoms with Gasteiger partial charge in [0.1, 0.15) is 10.3 Å². The van der Waals surface area contributed by atoms with Crippen molar-refractivity contribution in [1.82, 2.24) is 9.88 Å². The van der Waals surface area contributed by atoms with E-state index >= 15 is 0 Å². The zero-order valence-corrected chi connectivity index (χ0v) is 16.7. The topological polar surface area (TPSA) is 103 Å². The predicted molar refractivity (Wildman–Crippen MR) is 102 cm³/mol. The molecule has 1 aliphatic heterocycles. The lowest BCUT2D eigenvalue weighted by molar-refractivity contribution is -0.163. The first kappa shape index (κ1) is 20.6. The van der Waals surface area contributed by atoms with Crippen molar-refractivity contribution in [3.63, 3.8) is 0 Å². The molecule has 2 atom stereocenters. The van der Waals surface area contributed by atoms with Crippen LogP contribution >= 0.6 is 11.3 Å². The molecule has 146 valence electrons. The lowest BCUT2D eigenvalue weighted by Crippen LogP contribution is -2.57. The number of aliphatic carboxylic acids is 1. The van der Waals surface area contributed by atoms with E-state index < -0.39 is 17.5 Å². The maximum Gasteiger partial charge on any atom is 0.314 e. The molecule has 1 aliphatic rings. The van der Waals surface area contributed by atoms with E-state index in [2.05, 4.69) is 10.3 Å². The minimum Gasteiger partial charge on any atom is -0.481 e. The van der Waals surface area contributed by atoms with Gasteiger partial charge < -0.3 is 20.4 Å². The van der Waals surface area contributed by atoms with Gasteiger partial charge in [-0.25, -0.2) is 4.98 Å². The van der Waals surface area contributed by atoms with Crippen LogP contribution in [0.2, 0.25) is 0 Å². The smallest absolute Gasteiger partial charge is 0.314 e. The third kappa shape index (κ3) is 4.17. The summed E-state index contributed by atoms with van der Waals surface area (Å²) >= 11 is 1.29. The molecule has 0 unspecified atom stereocenters. The van der Waals surface area contributed by atoms with Gasteiger partial charge in [0.2, 0.25) is 0 Å². The van der Waals surface area contributed by atoms with E-state index in [1.54, 1.807) is 11.8 Å². The van der Waals surface area contributed by atoms with Gasteiger partial charge in [0.25, 0.3) is 5.91 Å².